The van der Waals surface area contributed by atoms with E-state index in [1.54, 1.807) is 12.1 Å². The summed E-state index contributed by atoms with van der Waals surface area (Å²) in [5.41, 5.74) is 0.955. The van der Waals surface area contributed by atoms with Crippen LogP contribution in [0.4, 0.5) is 0 Å². The highest BCUT2D eigenvalue weighted by atomic mass is 16.4. The van der Waals surface area contributed by atoms with E-state index in [0.29, 0.717) is 12.5 Å². The number of carbonyl (C=O) groups is 1. The summed E-state index contributed by atoms with van der Waals surface area (Å²) in [5.74, 6) is -0.354. The normalized spacial score (nSPS) is 21.1. The molecule has 1 fully saturated rings. The summed E-state index contributed by atoms with van der Waals surface area (Å²) in [7, 11) is 0. The highest BCUT2D eigenvalue weighted by molar-refractivity contribution is 5.67. The Balaban J connectivity index is 1.94. The zero-order valence-corrected chi connectivity index (χ0v) is 12.3. The molecule has 3 N–H and O–H groups in total. The second-order valence-corrected chi connectivity index (χ2v) is 6.04. The quantitative estimate of drug-likeness (QED) is 0.726. The predicted molar refractivity (Wildman–Crippen MR) is 79.2 cm³/mol. The van der Waals surface area contributed by atoms with Gasteiger partial charge in [-0.25, -0.2) is 0 Å². The molecular weight excluding hydrogens is 270 g/mol. The lowest BCUT2D eigenvalue weighted by atomic mass is 9.84. The minimum absolute atomic E-state index is 0.0969. The number of hydrogen-bond acceptors (Lipinski definition) is 4. The van der Waals surface area contributed by atoms with Gasteiger partial charge in [0, 0.05) is 19.5 Å². The number of piperidine rings is 1. The van der Waals surface area contributed by atoms with Crippen molar-refractivity contribution in [1.82, 2.24) is 4.90 Å². The molecule has 0 radical (unpaired) electrons. The minimum Gasteiger partial charge on any atom is -0.504 e. The average Bonchev–Trinajstić information content (AvgIpc) is 2.42. The van der Waals surface area contributed by atoms with E-state index in [1.165, 1.54) is 6.07 Å². The number of phenols is 2. The van der Waals surface area contributed by atoms with Gasteiger partial charge in [-0.2, -0.15) is 0 Å². The molecule has 1 aliphatic heterocycles. The van der Waals surface area contributed by atoms with Gasteiger partial charge in [-0.1, -0.05) is 13.0 Å². The van der Waals surface area contributed by atoms with Crippen molar-refractivity contribution >= 4 is 5.97 Å². The molecule has 1 aromatic carbocycles. The lowest BCUT2D eigenvalue weighted by Crippen LogP contribution is -2.37. The Morgan fingerprint density at radius 3 is 2.81 bits per heavy atom. The van der Waals surface area contributed by atoms with E-state index in [2.05, 4.69) is 4.90 Å². The number of carboxylic acid groups (broad SMARTS) is 1. The van der Waals surface area contributed by atoms with Crippen LogP contribution in [0.1, 0.15) is 31.7 Å². The number of aliphatic carboxylic acids is 1. The first-order valence-electron chi connectivity index (χ1n) is 7.40. The maximum atomic E-state index is 10.8. The van der Waals surface area contributed by atoms with Gasteiger partial charge in [-0.05, 0) is 48.9 Å². The van der Waals surface area contributed by atoms with Crippen LogP contribution < -0.4 is 0 Å². The van der Waals surface area contributed by atoms with Crippen LogP contribution in [0.3, 0.4) is 0 Å². The number of benzene rings is 1. The molecule has 116 valence electrons. The summed E-state index contributed by atoms with van der Waals surface area (Å²) in [6.07, 6.45) is 2.36. The van der Waals surface area contributed by atoms with Crippen LogP contribution >= 0.6 is 0 Å². The Morgan fingerprint density at radius 1 is 1.38 bits per heavy atom. The lowest BCUT2D eigenvalue weighted by molar-refractivity contribution is -0.138. The molecule has 1 aromatic rings. The molecule has 5 nitrogen and oxygen atoms in total. The van der Waals surface area contributed by atoms with Crippen LogP contribution in [0.25, 0.3) is 0 Å². The molecule has 2 unspecified atom stereocenters. The zero-order chi connectivity index (χ0) is 15.4. The molecule has 1 saturated heterocycles. The fraction of sp³-hybridized carbons (Fsp3) is 0.562. The van der Waals surface area contributed by atoms with Crippen LogP contribution in [-0.2, 0) is 11.3 Å². The second-order valence-electron chi connectivity index (χ2n) is 6.04. The van der Waals surface area contributed by atoms with Crippen molar-refractivity contribution in [2.24, 2.45) is 11.8 Å². The van der Waals surface area contributed by atoms with Gasteiger partial charge in [0.25, 0.3) is 0 Å². The number of nitrogens with zero attached hydrogens (tertiary/aromatic N) is 1. The zero-order valence-electron chi connectivity index (χ0n) is 12.3. The molecule has 0 aliphatic carbocycles. The predicted octanol–water partition coefficient (Wildman–Crippen LogP) is 2.42. The first-order valence-corrected chi connectivity index (χ1v) is 7.40. The topological polar surface area (TPSA) is 81.0 Å². The number of likely N-dealkylation sites (tertiary alicyclic amines) is 1. The van der Waals surface area contributed by atoms with Crippen LogP contribution in [0.5, 0.6) is 11.5 Å². The maximum Gasteiger partial charge on any atom is 0.303 e. The first kappa shape index (κ1) is 15.6. The van der Waals surface area contributed by atoms with Crippen molar-refractivity contribution in [3.05, 3.63) is 23.8 Å². The number of hydrogen-bond donors (Lipinski definition) is 3. The molecule has 0 amide bonds. The highest BCUT2D eigenvalue weighted by Gasteiger charge is 2.26. The van der Waals surface area contributed by atoms with Gasteiger partial charge in [0.2, 0.25) is 0 Å². The Morgan fingerprint density at radius 2 is 2.14 bits per heavy atom. The Labute approximate surface area is 124 Å². The molecular formula is C16H23NO4. The minimum atomic E-state index is -0.733. The van der Waals surface area contributed by atoms with Gasteiger partial charge >= 0.3 is 5.97 Å². The third-order valence-corrected chi connectivity index (χ3v) is 4.29. The number of carboxylic acids is 1. The van der Waals surface area contributed by atoms with Gasteiger partial charge in [-0.15, -0.1) is 0 Å². The first-order chi connectivity index (χ1) is 9.95. The van der Waals surface area contributed by atoms with Crippen molar-refractivity contribution < 1.29 is 20.1 Å². The molecule has 21 heavy (non-hydrogen) atoms. The molecule has 2 atom stereocenters. The Kier molecular flexibility index (Phi) is 5.07. The third kappa shape index (κ3) is 4.36. The summed E-state index contributed by atoms with van der Waals surface area (Å²) in [6, 6.07) is 4.89. The van der Waals surface area contributed by atoms with Crippen LogP contribution in [-0.4, -0.2) is 39.3 Å². The van der Waals surface area contributed by atoms with E-state index < -0.39 is 5.97 Å². The van der Waals surface area contributed by atoms with Crippen LogP contribution in [0.2, 0.25) is 0 Å². The number of phenolic OH excluding ortho intramolecular Hbond substituents is 2. The molecule has 0 spiro atoms. The fourth-order valence-electron chi connectivity index (χ4n) is 3.07. The van der Waals surface area contributed by atoms with Crippen molar-refractivity contribution in [3.8, 4) is 11.5 Å². The van der Waals surface area contributed by atoms with E-state index in [-0.39, 0.29) is 23.8 Å². The monoisotopic (exact) mass is 293 g/mol. The van der Waals surface area contributed by atoms with Crippen LogP contribution in [0.15, 0.2) is 18.2 Å². The van der Waals surface area contributed by atoms with E-state index in [0.717, 1.165) is 31.5 Å². The number of aromatic hydroxyl groups is 2. The van der Waals surface area contributed by atoms with Gasteiger partial charge in [0.15, 0.2) is 11.5 Å². The maximum absolute atomic E-state index is 10.8. The fourth-order valence-corrected chi connectivity index (χ4v) is 3.07. The highest BCUT2D eigenvalue weighted by Crippen LogP contribution is 2.29. The molecule has 0 aromatic heterocycles. The van der Waals surface area contributed by atoms with Crippen molar-refractivity contribution in [3.63, 3.8) is 0 Å². The van der Waals surface area contributed by atoms with Gasteiger partial charge in [0.1, 0.15) is 0 Å². The third-order valence-electron chi connectivity index (χ3n) is 4.29. The van der Waals surface area contributed by atoms with E-state index in [4.69, 9.17) is 5.11 Å². The van der Waals surface area contributed by atoms with Gasteiger partial charge < -0.3 is 15.3 Å². The average molecular weight is 293 g/mol. The van der Waals surface area contributed by atoms with Crippen molar-refractivity contribution in [1.29, 1.82) is 0 Å². The van der Waals surface area contributed by atoms with E-state index >= 15 is 0 Å². The Hall–Kier alpha value is -1.75. The smallest absolute Gasteiger partial charge is 0.303 e. The molecule has 5 heteroatoms. The van der Waals surface area contributed by atoms with Crippen molar-refractivity contribution in [2.75, 3.05) is 13.1 Å². The van der Waals surface area contributed by atoms with E-state index in [9.17, 15) is 15.0 Å². The standard InChI is InChI=1S/C16H23NO4/c1-11(7-16(20)21)13-3-2-6-17(10-13)9-12-4-5-14(18)15(19)8-12/h4-5,8,11,13,18-19H,2-3,6-7,9-10H2,1H3,(H,20,21). The molecule has 1 aliphatic rings. The van der Waals surface area contributed by atoms with Crippen LogP contribution in [0, 0.1) is 11.8 Å². The van der Waals surface area contributed by atoms with Gasteiger partial charge in [-0.3, -0.25) is 9.69 Å². The Bertz CT molecular complexity index is 503. The molecule has 1 heterocycles. The van der Waals surface area contributed by atoms with Crippen molar-refractivity contribution in [2.45, 2.75) is 32.7 Å². The lowest BCUT2D eigenvalue weighted by Gasteiger charge is -2.35. The summed E-state index contributed by atoms with van der Waals surface area (Å²) in [4.78, 5) is 13.1. The van der Waals surface area contributed by atoms with Gasteiger partial charge in [0.05, 0.1) is 0 Å². The second kappa shape index (κ2) is 6.80. The largest absolute Gasteiger partial charge is 0.504 e. The summed E-state index contributed by atoms with van der Waals surface area (Å²) < 4.78 is 0. The van der Waals surface area contributed by atoms with E-state index in [1.807, 2.05) is 6.92 Å². The molecule has 0 saturated carbocycles. The molecule has 0 bridgehead atoms. The summed E-state index contributed by atoms with van der Waals surface area (Å²) >= 11 is 0. The summed E-state index contributed by atoms with van der Waals surface area (Å²) in [6.45, 7) is 4.59. The number of rotatable bonds is 5. The SMILES string of the molecule is CC(CC(=O)O)C1CCCN(Cc2ccc(O)c(O)c2)C1. The molecule has 2 rings (SSSR count). The summed E-state index contributed by atoms with van der Waals surface area (Å²) in [5, 5.41) is 27.8.